The molecule has 0 aliphatic carbocycles. The normalized spacial score (nSPS) is 12.9. The average Bonchev–Trinajstić information content (AvgIpc) is 3.36. The fourth-order valence-electron chi connectivity index (χ4n) is 8.73. The van der Waals surface area contributed by atoms with Crippen LogP contribution in [0.5, 0.6) is 0 Å². The van der Waals surface area contributed by atoms with Gasteiger partial charge in [0.25, 0.3) is 0 Å². The fourth-order valence-corrected chi connectivity index (χ4v) is 8.73. The van der Waals surface area contributed by atoms with E-state index in [0.29, 0.717) is 24.3 Å². The summed E-state index contributed by atoms with van der Waals surface area (Å²) in [6.45, 7) is 6.28. The van der Waals surface area contributed by atoms with Gasteiger partial charge in [-0.3, -0.25) is 24.8 Å². The number of nitrogens with zero attached hydrogens (tertiary/aromatic N) is 2. The van der Waals surface area contributed by atoms with E-state index in [1.165, 1.54) is 5.01 Å². The number of nitrogens with one attached hydrogen (secondary N) is 5. The molecule has 1 aromatic heterocycles. The second kappa shape index (κ2) is 23.3. The van der Waals surface area contributed by atoms with Gasteiger partial charge in [0.2, 0.25) is 17.7 Å². The van der Waals surface area contributed by atoms with E-state index in [-0.39, 0.29) is 13.1 Å². The molecular formula is C55H59N7O6. The highest BCUT2D eigenvalue weighted by Crippen LogP contribution is 2.37. The van der Waals surface area contributed by atoms with Gasteiger partial charge in [-0.15, -0.1) is 0 Å². The van der Waals surface area contributed by atoms with Gasteiger partial charge >= 0.3 is 6.03 Å². The molecule has 0 saturated heterocycles. The van der Waals surface area contributed by atoms with Gasteiger partial charge in [-0.2, -0.15) is 0 Å². The average molecular weight is 914 g/mol. The minimum atomic E-state index is -1.40. The number of aromatic nitrogens is 1. The molecule has 1 unspecified atom stereocenters. The predicted octanol–water partition coefficient (Wildman–Crippen LogP) is 7.91. The van der Waals surface area contributed by atoms with Crippen LogP contribution in [0.3, 0.4) is 0 Å². The van der Waals surface area contributed by atoms with Gasteiger partial charge in [0.15, 0.2) is 6.29 Å². The molecule has 6 aromatic carbocycles. The first kappa shape index (κ1) is 48.5. The third-order valence-corrected chi connectivity index (χ3v) is 11.9. The van der Waals surface area contributed by atoms with Crippen LogP contribution in [0.2, 0.25) is 0 Å². The van der Waals surface area contributed by atoms with E-state index in [4.69, 9.17) is 14.5 Å². The van der Waals surface area contributed by atoms with Crippen molar-refractivity contribution in [3.8, 4) is 0 Å². The molecule has 7 rings (SSSR count). The summed E-state index contributed by atoms with van der Waals surface area (Å²) >= 11 is 0. The van der Waals surface area contributed by atoms with Gasteiger partial charge in [0.05, 0.1) is 24.5 Å². The molecule has 0 saturated carbocycles. The highest BCUT2D eigenvalue weighted by atomic mass is 16.7. The van der Waals surface area contributed by atoms with Gasteiger partial charge in [-0.25, -0.2) is 9.80 Å². The van der Waals surface area contributed by atoms with Crippen molar-refractivity contribution in [2.45, 2.75) is 57.6 Å². The molecule has 5 amide bonds. The maximum atomic E-state index is 15.0. The van der Waals surface area contributed by atoms with Crippen molar-refractivity contribution in [3.63, 3.8) is 0 Å². The lowest BCUT2D eigenvalue weighted by molar-refractivity contribution is -0.170. The largest absolute Gasteiger partial charge is 0.353 e. The Hall–Kier alpha value is -7.45. The zero-order valence-corrected chi connectivity index (χ0v) is 38.9. The van der Waals surface area contributed by atoms with Crippen molar-refractivity contribution in [3.05, 3.63) is 198 Å². The van der Waals surface area contributed by atoms with E-state index in [1.807, 2.05) is 185 Å². The molecule has 68 heavy (non-hydrogen) atoms. The van der Waals surface area contributed by atoms with Crippen molar-refractivity contribution >= 4 is 45.4 Å². The second-order valence-electron chi connectivity index (χ2n) is 16.6. The van der Waals surface area contributed by atoms with Crippen LogP contribution in [0.15, 0.2) is 170 Å². The maximum absolute atomic E-state index is 15.0. The summed E-state index contributed by atoms with van der Waals surface area (Å²) in [5, 5.41) is 16.5. The van der Waals surface area contributed by atoms with Gasteiger partial charge < -0.3 is 30.7 Å². The number of hydrogen-bond donors (Lipinski definition) is 5. The van der Waals surface area contributed by atoms with Crippen LogP contribution in [-0.4, -0.2) is 72.9 Å². The first-order valence-electron chi connectivity index (χ1n) is 23.0. The van der Waals surface area contributed by atoms with Crippen LogP contribution in [0, 0.1) is 5.92 Å². The minimum absolute atomic E-state index is 0.250. The number of likely N-dealkylation sites (N-methyl/N-ethyl adjacent to an activating group) is 1. The Morgan fingerprint density at radius 2 is 1.21 bits per heavy atom. The van der Waals surface area contributed by atoms with Crippen molar-refractivity contribution in [1.82, 2.24) is 36.7 Å². The number of fused-ring (bicyclic) bond motifs is 2. The number of pyridine rings is 1. The Bertz CT molecular complexity index is 2660. The number of rotatable bonds is 21. The molecule has 0 spiro atoms. The van der Waals surface area contributed by atoms with Gasteiger partial charge in [-0.1, -0.05) is 165 Å². The number of carbonyl (C=O) groups excluding carboxylic acids is 4. The lowest BCUT2D eigenvalue weighted by atomic mass is 9.77. The summed E-state index contributed by atoms with van der Waals surface area (Å²) in [6.07, 6.45) is 0.516. The number of para-hydroxylation sites is 1. The third kappa shape index (κ3) is 11.7. The van der Waals surface area contributed by atoms with Crippen molar-refractivity contribution in [2.24, 2.45) is 5.92 Å². The molecule has 0 radical (unpaired) electrons. The molecule has 5 N–H and O–H groups in total. The topological polar surface area (TPSA) is 163 Å². The number of hydrogen-bond acceptors (Lipinski definition) is 8. The number of benzene rings is 6. The van der Waals surface area contributed by atoms with Gasteiger partial charge in [-0.05, 0) is 52.9 Å². The summed E-state index contributed by atoms with van der Waals surface area (Å²) < 4.78 is 12.1. The van der Waals surface area contributed by atoms with Crippen LogP contribution in [-0.2, 0) is 35.9 Å². The molecule has 13 heteroatoms. The predicted molar refractivity (Wildman–Crippen MR) is 265 cm³/mol. The SMILES string of the molecule is CCOC(OCC)[C@@H](C)[C@H](NC(=O)C(CC(=O)NC(c1ccccc1)(c1ccccc1)c1ccccc1)NC(=O)CN(C)NC(=O)NCc1cccc2ccccc12)c1cccc2cccnc12. The van der Waals surface area contributed by atoms with Gasteiger partial charge in [0.1, 0.15) is 11.6 Å². The van der Waals surface area contributed by atoms with Crippen LogP contribution in [0.25, 0.3) is 21.7 Å². The maximum Gasteiger partial charge on any atom is 0.329 e. The summed E-state index contributed by atoms with van der Waals surface area (Å²) in [5.41, 5.74) is 6.17. The second-order valence-corrected chi connectivity index (χ2v) is 16.6. The van der Waals surface area contributed by atoms with Crippen LogP contribution in [0.4, 0.5) is 4.79 Å². The highest BCUT2D eigenvalue weighted by molar-refractivity contribution is 5.94. The number of ether oxygens (including phenoxy) is 2. The number of carbonyl (C=O) groups is 4. The molecule has 13 nitrogen and oxygen atoms in total. The quantitative estimate of drug-likeness (QED) is 0.0276. The molecule has 3 atom stereocenters. The number of urea groups is 1. The van der Waals surface area contributed by atoms with E-state index >= 15 is 4.79 Å². The van der Waals surface area contributed by atoms with E-state index in [9.17, 15) is 14.4 Å². The zero-order chi connectivity index (χ0) is 47.9. The van der Waals surface area contributed by atoms with Crippen molar-refractivity contribution in [2.75, 3.05) is 26.8 Å². The first-order chi connectivity index (χ1) is 33.1. The molecule has 0 fully saturated rings. The summed E-state index contributed by atoms with van der Waals surface area (Å²) in [5.74, 6) is -2.23. The summed E-state index contributed by atoms with van der Waals surface area (Å²) in [7, 11) is 1.54. The molecule has 1 heterocycles. The van der Waals surface area contributed by atoms with E-state index in [2.05, 4.69) is 26.7 Å². The molecular weight excluding hydrogens is 855 g/mol. The monoisotopic (exact) mass is 913 g/mol. The molecule has 7 aromatic rings. The highest BCUT2D eigenvalue weighted by Gasteiger charge is 2.40. The molecule has 0 bridgehead atoms. The third-order valence-electron chi connectivity index (χ3n) is 11.9. The van der Waals surface area contributed by atoms with E-state index in [0.717, 1.165) is 38.4 Å². The smallest absolute Gasteiger partial charge is 0.329 e. The van der Waals surface area contributed by atoms with Crippen LogP contribution >= 0.6 is 0 Å². The van der Waals surface area contributed by atoms with Crippen molar-refractivity contribution in [1.29, 1.82) is 0 Å². The molecule has 350 valence electrons. The Labute approximate surface area is 397 Å². The Morgan fingerprint density at radius 3 is 1.84 bits per heavy atom. The van der Waals surface area contributed by atoms with E-state index < -0.39 is 60.0 Å². The number of hydrazine groups is 1. The Kier molecular flexibility index (Phi) is 16.6. The lowest BCUT2D eigenvalue weighted by Crippen LogP contribution is -2.56. The van der Waals surface area contributed by atoms with Crippen molar-refractivity contribution < 1.29 is 28.7 Å². The van der Waals surface area contributed by atoms with Crippen LogP contribution in [0.1, 0.15) is 61.1 Å². The Balaban J connectivity index is 1.18. The van der Waals surface area contributed by atoms with Crippen LogP contribution < -0.4 is 26.7 Å². The lowest BCUT2D eigenvalue weighted by Gasteiger charge is -2.37. The van der Waals surface area contributed by atoms with E-state index in [1.54, 1.807) is 13.2 Å². The van der Waals surface area contributed by atoms with Gasteiger partial charge in [0, 0.05) is 49.9 Å². The zero-order valence-electron chi connectivity index (χ0n) is 38.9. The standard InChI is InChI=1S/C55H59N7O6/c1-5-67-53(68-6-2)38(3)50(46-33-19-23-40-25-20-34-56-51(40)46)59-52(65)47(58-49(64)37-62(4)61-54(66)57-36-41-24-18-22-39-21-16-17-32-45(39)41)35-48(63)60-55(42-26-10-7-11-27-42,43-28-12-8-13-29-43)44-30-14-9-15-31-44/h7-34,38,47,50,53H,5-6,35-37H2,1-4H3,(H,58,64)(H,59,65)(H,60,63)(H2,57,61,66)/t38-,47?,50-/m0/s1. The molecule has 0 aliphatic heterocycles. The number of amides is 5. The minimum Gasteiger partial charge on any atom is -0.353 e. The summed E-state index contributed by atoms with van der Waals surface area (Å²) in [4.78, 5) is 61.8. The fraction of sp³-hybridized carbons (Fsp3) is 0.255. The summed E-state index contributed by atoms with van der Waals surface area (Å²) in [6, 6.07) is 49.5. The molecule has 0 aliphatic rings. The first-order valence-corrected chi connectivity index (χ1v) is 23.0. The Morgan fingerprint density at radius 1 is 0.647 bits per heavy atom.